The number of hydrogen-bond acceptors (Lipinski definition) is 5. The van der Waals surface area contributed by atoms with Crippen LogP contribution in [-0.2, 0) is 11.3 Å². The van der Waals surface area contributed by atoms with Crippen molar-refractivity contribution in [2.24, 2.45) is 0 Å². The van der Waals surface area contributed by atoms with Crippen LogP contribution in [0.3, 0.4) is 0 Å². The lowest BCUT2D eigenvalue weighted by molar-refractivity contribution is -0.117. The second-order valence-electron chi connectivity index (χ2n) is 8.36. The van der Waals surface area contributed by atoms with Crippen molar-refractivity contribution in [1.82, 2.24) is 9.55 Å². The fourth-order valence-electron chi connectivity index (χ4n) is 4.57. The number of rotatable bonds is 8. The summed E-state index contributed by atoms with van der Waals surface area (Å²) in [6.45, 7) is 1.54. The largest absolute Gasteiger partial charge is 0.497 e. The van der Waals surface area contributed by atoms with E-state index in [0.29, 0.717) is 42.6 Å². The Bertz CT molecular complexity index is 1370. The molecule has 1 fully saturated rings. The first-order chi connectivity index (χ1) is 17.1. The number of para-hydroxylation sites is 2. The zero-order chi connectivity index (χ0) is 24.4. The molecule has 180 valence electrons. The first kappa shape index (κ1) is 23.1. The van der Waals surface area contributed by atoms with E-state index < -0.39 is 0 Å². The summed E-state index contributed by atoms with van der Waals surface area (Å²) in [6.07, 6.45) is 0.357. The molecular formula is C27H26ClN3O4. The number of anilines is 1. The standard InChI is InChI=1S/C27H26ClN3O4/c1-33-20-6-5-7-21(16-20)35-13-12-30-23-9-4-3-8-22(23)29-27(30)18-14-26(32)31(17-18)24-15-19(28)10-11-25(24)34-2/h3-11,15-16,18H,12-14,17H2,1-2H3/t18-/m1/s1. The lowest BCUT2D eigenvalue weighted by Crippen LogP contribution is -2.25. The van der Waals surface area contributed by atoms with Crippen molar-refractivity contribution < 1.29 is 19.0 Å². The number of carbonyl (C=O) groups is 1. The summed E-state index contributed by atoms with van der Waals surface area (Å²) in [6, 6.07) is 20.9. The molecule has 4 aromatic rings. The molecule has 7 nitrogen and oxygen atoms in total. The predicted octanol–water partition coefficient (Wildman–Crippen LogP) is 5.31. The second kappa shape index (κ2) is 9.88. The summed E-state index contributed by atoms with van der Waals surface area (Å²) in [5.74, 6) is 2.92. The maximum Gasteiger partial charge on any atom is 0.227 e. The van der Waals surface area contributed by atoms with E-state index >= 15 is 0 Å². The average Bonchev–Trinajstić information content (AvgIpc) is 3.44. The van der Waals surface area contributed by atoms with Gasteiger partial charge in [0.2, 0.25) is 5.91 Å². The number of carbonyl (C=O) groups excluding carboxylic acids is 1. The van der Waals surface area contributed by atoms with Crippen molar-refractivity contribution in [3.8, 4) is 17.2 Å². The molecule has 3 aromatic carbocycles. The molecule has 1 aromatic heterocycles. The van der Waals surface area contributed by atoms with Gasteiger partial charge in [-0.05, 0) is 42.5 Å². The quantitative estimate of drug-likeness (QED) is 0.334. The van der Waals surface area contributed by atoms with Crippen LogP contribution in [0.25, 0.3) is 11.0 Å². The fourth-order valence-corrected chi connectivity index (χ4v) is 4.74. The highest BCUT2D eigenvalue weighted by Gasteiger charge is 2.36. The third kappa shape index (κ3) is 4.64. The van der Waals surface area contributed by atoms with Gasteiger partial charge in [-0.1, -0.05) is 29.8 Å². The predicted molar refractivity (Wildman–Crippen MR) is 136 cm³/mol. The number of ether oxygens (including phenoxy) is 3. The van der Waals surface area contributed by atoms with E-state index in [9.17, 15) is 4.79 Å². The van der Waals surface area contributed by atoms with Gasteiger partial charge in [0.05, 0.1) is 37.5 Å². The molecule has 0 unspecified atom stereocenters. The van der Waals surface area contributed by atoms with Crippen LogP contribution in [0.1, 0.15) is 18.2 Å². The van der Waals surface area contributed by atoms with Gasteiger partial charge in [-0.15, -0.1) is 0 Å². The van der Waals surface area contributed by atoms with Crippen LogP contribution in [0.2, 0.25) is 5.02 Å². The summed E-state index contributed by atoms with van der Waals surface area (Å²) in [7, 11) is 3.22. The van der Waals surface area contributed by atoms with Crippen molar-refractivity contribution in [3.63, 3.8) is 0 Å². The molecule has 1 aliphatic rings. The minimum atomic E-state index is -0.0737. The first-order valence-electron chi connectivity index (χ1n) is 11.4. The van der Waals surface area contributed by atoms with Gasteiger partial charge >= 0.3 is 0 Å². The Kier molecular flexibility index (Phi) is 6.51. The number of halogens is 1. The minimum Gasteiger partial charge on any atom is -0.497 e. The normalized spacial score (nSPS) is 15.6. The maximum absolute atomic E-state index is 13.1. The number of aromatic nitrogens is 2. The molecule has 35 heavy (non-hydrogen) atoms. The molecule has 2 heterocycles. The van der Waals surface area contributed by atoms with Crippen LogP contribution >= 0.6 is 11.6 Å². The molecule has 1 amide bonds. The molecule has 1 atom stereocenters. The van der Waals surface area contributed by atoms with E-state index in [2.05, 4.69) is 4.57 Å². The highest BCUT2D eigenvalue weighted by atomic mass is 35.5. The Morgan fingerprint density at radius 3 is 2.66 bits per heavy atom. The Morgan fingerprint density at radius 2 is 1.83 bits per heavy atom. The number of imidazole rings is 1. The smallest absolute Gasteiger partial charge is 0.227 e. The van der Waals surface area contributed by atoms with Gasteiger partial charge < -0.3 is 23.7 Å². The van der Waals surface area contributed by atoms with Crippen LogP contribution in [0.4, 0.5) is 5.69 Å². The van der Waals surface area contributed by atoms with Crippen molar-refractivity contribution >= 4 is 34.2 Å². The summed E-state index contributed by atoms with van der Waals surface area (Å²) < 4.78 is 18.9. The fraction of sp³-hybridized carbons (Fsp3) is 0.259. The van der Waals surface area contributed by atoms with Crippen LogP contribution < -0.4 is 19.1 Å². The monoisotopic (exact) mass is 491 g/mol. The molecule has 1 aliphatic heterocycles. The van der Waals surface area contributed by atoms with Crippen LogP contribution in [0.15, 0.2) is 66.7 Å². The maximum atomic E-state index is 13.1. The Labute approximate surface area is 208 Å². The highest BCUT2D eigenvalue weighted by molar-refractivity contribution is 6.31. The van der Waals surface area contributed by atoms with Gasteiger partial charge in [0.25, 0.3) is 0 Å². The lowest BCUT2D eigenvalue weighted by Gasteiger charge is -2.20. The third-order valence-electron chi connectivity index (χ3n) is 6.23. The molecule has 0 radical (unpaired) electrons. The number of amides is 1. The molecule has 5 rings (SSSR count). The van der Waals surface area contributed by atoms with Crippen LogP contribution in [0.5, 0.6) is 17.2 Å². The molecule has 0 aliphatic carbocycles. The van der Waals surface area contributed by atoms with E-state index in [0.717, 1.165) is 28.4 Å². The number of methoxy groups -OCH3 is 2. The lowest BCUT2D eigenvalue weighted by atomic mass is 10.1. The van der Waals surface area contributed by atoms with Gasteiger partial charge in [0.1, 0.15) is 29.7 Å². The number of benzene rings is 3. The molecule has 1 saturated heterocycles. The number of fused-ring (bicyclic) bond motifs is 1. The summed E-state index contributed by atoms with van der Waals surface area (Å²) in [5, 5.41) is 0.555. The van der Waals surface area contributed by atoms with E-state index in [1.807, 2.05) is 48.5 Å². The Balaban J connectivity index is 1.41. The third-order valence-corrected chi connectivity index (χ3v) is 6.47. The van der Waals surface area contributed by atoms with Gasteiger partial charge in [0, 0.05) is 30.0 Å². The molecule has 0 N–H and O–H groups in total. The zero-order valence-electron chi connectivity index (χ0n) is 19.6. The van der Waals surface area contributed by atoms with E-state index in [1.165, 1.54) is 0 Å². The van der Waals surface area contributed by atoms with Crippen LogP contribution in [0, 0.1) is 0 Å². The van der Waals surface area contributed by atoms with Crippen LogP contribution in [-0.4, -0.2) is 42.8 Å². The topological polar surface area (TPSA) is 65.8 Å². The molecular weight excluding hydrogens is 466 g/mol. The van der Waals surface area contributed by atoms with Crippen molar-refractivity contribution in [3.05, 3.63) is 77.6 Å². The molecule has 8 heteroatoms. The molecule has 0 spiro atoms. The van der Waals surface area contributed by atoms with Gasteiger partial charge in [-0.3, -0.25) is 4.79 Å². The van der Waals surface area contributed by atoms with E-state index in [4.69, 9.17) is 30.8 Å². The Hall–Kier alpha value is -3.71. The summed E-state index contributed by atoms with van der Waals surface area (Å²) in [5.41, 5.74) is 2.59. The summed E-state index contributed by atoms with van der Waals surface area (Å²) >= 11 is 6.23. The van der Waals surface area contributed by atoms with Crippen molar-refractivity contribution in [2.75, 3.05) is 32.3 Å². The first-order valence-corrected chi connectivity index (χ1v) is 11.8. The van der Waals surface area contributed by atoms with Crippen molar-refractivity contribution in [2.45, 2.75) is 18.9 Å². The Morgan fingerprint density at radius 1 is 1.00 bits per heavy atom. The van der Waals surface area contributed by atoms with Gasteiger partial charge in [0.15, 0.2) is 0 Å². The average molecular weight is 492 g/mol. The molecule has 0 saturated carbocycles. The number of hydrogen-bond donors (Lipinski definition) is 0. The van der Waals surface area contributed by atoms with Gasteiger partial charge in [-0.25, -0.2) is 4.98 Å². The zero-order valence-corrected chi connectivity index (χ0v) is 20.4. The SMILES string of the molecule is COc1cccc(OCCn2c([C@@H]3CC(=O)N(c4cc(Cl)ccc4OC)C3)nc3ccccc32)c1. The molecule has 0 bridgehead atoms. The van der Waals surface area contributed by atoms with E-state index in [-0.39, 0.29) is 11.8 Å². The second-order valence-corrected chi connectivity index (χ2v) is 8.80. The number of nitrogens with zero attached hydrogens (tertiary/aromatic N) is 3. The van der Waals surface area contributed by atoms with Gasteiger partial charge in [-0.2, -0.15) is 0 Å². The summed E-state index contributed by atoms with van der Waals surface area (Å²) in [4.78, 5) is 19.7. The van der Waals surface area contributed by atoms with E-state index in [1.54, 1.807) is 37.3 Å². The minimum absolute atomic E-state index is 0.0156. The van der Waals surface area contributed by atoms with Crippen molar-refractivity contribution in [1.29, 1.82) is 0 Å². The highest BCUT2D eigenvalue weighted by Crippen LogP contribution is 2.38.